The number of likely N-dealkylation sites (tertiary alicyclic amines) is 1. The topological polar surface area (TPSA) is 0 Å². The molecule has 1 aliphatic heterocycles. The van der Waals surface area contributed by atoms with Crippen LogP contribution >= 0.6 is 0 Å². The molecule has 0 N–H and O–H groups in total. The van der Waals surface area contributed by atoms with Crippen molar-refractivity contribution in [2.24, 2.45) is 0 Å². The first kappa shape index (κ1) is 18.5. The molecule has 0 radical (unpaired) electrons. The van der Waals surface area contributed by atoms with Crippen molar-refractivity contribution >= 4 is 5.69 Å². The second kappa shape index (κ2) is 10.9. The predicted octanol–water partition coefficient (Wildman–Crippen LogP) is 6.71. The molecule has 0 atom stereocenters. The molecule has 0 aliphatic carbocycles. The molecule has 0 bridgehead atoms. The van der Waals surface area contributed by atoms with Gasteiger partial charge in [-0.25, -0.2) is 0 Å². The molecule has 1 nitrogen and oxygen atoms in total. The largest absolute Gasteiger partial charge is 0.291 e. The van der Waals surface area contributed by atoms with Gasteiger partial charge in [-0.05, 0) is 25.0 Å². The normalized spacial score (nSPS) is 16.7. The Bertz CT molecular complexity index is 392. The summed E-state index contributed by atoms with van der Waals surface area (Å²) in [6.07, 6.45) is 17.2. The van der Waals surface area contributed by atoms with Crippen LogP contribution in [0.2, 0.25) is 0 Å². The summed E-state index contributed by atoms with van der Waals surface area (Å²) < 4.78 is 1.26. The van der Waals surface area contributed by atoms with Crippen molar-refractivity contribution < 1.29 is 0 Å². The molecule has 1 aliphatic rings. The van der Waals surface area contributed by atoms with Crippen molar-refractivity contribution in [1.29, 1.82) is 0 Å². The number of hydrogen-bond donors (Lipinski definition) is 0. The molecule has 1 heteroatoms. The highest BCUT2D eigenvalue weighted by molar-refractivity contribution is 5.43. The van der Waals surface area contributed by atoms with Crippen molar-refractivity contribution in [2.75, 3.05) is 19.6 Å². The molecule has 0 spiro atoms. The molecule has 0 amide bonds. The summed E-state index contributed by atoms with van der Waals surface area (Å²) in [6.45, 7) is 6.38. The molecule has 1 aromatic carbocycles. The fraction of sp³-hybridized carbons (Fsp3) is 0.727. The third kappa shape index (κ3) is 6.30. The van der Waals surface area contributed by atoms with Gasteiger partial charge in [0.15, 0.2) is 0 Å². The van der Waals surface area contributed by atoms with E-state index >= 15 is 0 Å². The van der Waals surface area contributed by atoms with E-state index in [0.29, 0.717) is 0 Å². The van der Waals surface area contributed by atoms with Crippen molar-refractivity contribution in [3.63, 3.8) is 0 Å². The van der Waals surface area contributed by atoms with E-state index in [1.807, 2.05) is 0 Å². The van der Waals surface area contributed by atoms with Gasteiger partial charge in [0.2, 0.25) is 0 Å². The number of para-hydroxylation sites is 1. The van der Waals surface area contributed by atoms with Crippen molar-refractivity contribution in [3.8, 4) is 0 Å². The first-order valence-corrected chi connectivity index (χ1v) is 10.3. The maximum absolute atomic E-state index is 2.35. The summed E-state index contributed by atoms with van der Waals surface area (Å²) in [4.78, 5) is 0. The van der Waals surface area contributed by atoms with Crippen LogP contribution in [0, 0.1) is 0 Å². The van der Waals surface area contributed by atoms with E-state index in [2.05, 4.69) is 37.3 Å². The van der Waals surface area contributed by atoms with Crippen LogP contribution in [-0.2, 0) is 0 Å². The average Bonchev–Trinajstić information content (AvgIpc) is 3.07. The van der Waals surface area contributed by atoms with Crippen LogP contribution in [0.15, 0.2) is 30.3 Å². The monoisotopic (exact) mass is 316 g/mol. The Kier molecular flexibility index (Phi) is 8.74. The van der Waals surface area contributed by atoms with Gasteiger partial charge in [0.25, 0.3) is 0 Å². The van der Waals surface area contributed by atoms with Crippen LogP contribution in [0.4, 0.5) is 5.69 Å². The Morgan fingerprint density at radius 3 is 1.78 bits per heavy atom. The highest BCUT2D eigenvalue weighted by Crippen LogP contribution is 2.30. The molecule has 0 aromatic heterocycles. The minimum absolute atomic E-state index is 1.26. The van der Waals surface area contributed by atoms with Crippen LogP contribution in [-0.4, -0.2) is 19.6 Å². The number of quaternary nitrogens is 1. The van der Waals surface area contributed by atoms with E-state index in [1.54, 1.807) is 5.69 Å². The molecule has 130 valence electrons. The van der Waals surface area contributed by atoms with E-state index in [4.69, 9.17) is 0 Å². The Labute approximate surface area is 144 Å². The molecule has 0 unspecified atom stereocenters. The molecular formula is C22H38N+. The maximum atomic E-state index is 2.35. The summed E-state index contributed by atoms with van der Waals surface area (Å²) in [6, 6.07) is 11.3. The van der Waals surface area contributed by atoms with Gasteiger partial charge in [-0.2, -0.15) is 0 Å². The standard InChI is InChI=1S/C22H38N/c1-2-3-4-5-6-7-8-9-10-14-19-23(20-15-16-21-23)22-17-12-11-13-18-22/h11-13,17-18H,2-10,14-16,19-21H2,1H3/q+1. The van der Waals surface area contributed by atoms with Gasteiger partial charge >= 0.3 is 0 Å². The highest BCUT2D eigenvalue weighted by atomic mass is 15.4. The molecule has 1 fully saturated rings. The van der Waals surface area contributed by atoms with Gasteiger partial charge < -0.3 is 0 Å². The van der Waals surface area contributed by atoms with Gasteiger partial charge in [0, 0.05) is 12.8 Å². The third-order valence-corrected chi connectivity index (χ3v) is 5.67. The van der Waals surface area contributed by atoms with Gasteiger partial charge in [-0.15, -0.1) is 0 Å². The van der Waals surface area contributed by atoms with Gasteiger partial charge in [-0.1, -0.05) is 76.5 Å². The third-order valence-electron chi connectivity index (χ3n) is 5.67. The molecule has 23 heavy (non-hydrogen) atoms. The van der Waals surface area contributed by atoms with Gasteiger partial charge in [0.1, 0.15) is 5.69 Å². The Hall–Kier alpha value is -0.820. The number of nitrogens with zero attached hydrogens (tertiary/aromatic N) is 1. The fourth-order valence-corrected chi connectivity index (χ4v) is 4.20. The van der Waals surface area contributed by atoms with E-state index < -0.39 is 0 Å². The van der Waals surface area contributed by atoms with E-state index in [-0.39, 0.29) is 0 Å². The number of hydrogen-bond acceptors (Lipinski definition) is 0. The molecule has 1 heterocycles. The van der Waals surface area contributed by atoms with Crippen LogP contribution in [0.25, 0.3) is 0 Å². The number of rotatable bonds is 12. The second-order valence-corrected chi connectivity index (χ2v) is 7.54. The highest BCUT2D eigenvalue weighted by Gasteiger charge is 2.33. The van der Waals surface area contributed by atoms with Crippen molar-refractivity contribution in [1.82, 2.24) is 4.48 Å². The average molecular weight is 317 g/mol. The SMILES string of the molecule is CCCCCCCCCCCC[N+]1(c2ccccc2)CCCC1. The molecule has 2 rings (SSSR count). The lowest BCUT2D eigenvalue weighted by Crippen LogP contribution is -2.47. The van der Waals surface area contributed by atoms with E-state index in [1.165, 1.54) is 101 Å². The molecular weight excluding hydrogens is 278 g/mol. The zero-order valence-electron chi connectivity index (χ0n) is 15.4. The Morgan fingerprint density at radius 2 is 1.22 bits per heavy atom. The lowest BCUT2D eigenvalue weighted by Gasteiger charge is -2.34. The Balaban J connectivity index is 1.59. The minimum Gasteiger partial charge on any atom is -0.291 e. The smallest absolute Gasteiger partial charge is 0.132 e. The number of benzene rings is 1. The second-order valence-electron chi connectivity index (χ2n) is 7.54. The maximum Gasteiger partial charge on any atom is 0.132 e. The molecule has 0 saturated carbocycles. The first-order chi connectivity index (χ1) is 11.4. The van der Waals surface area contributed by atoms with Crippen LogP contribution < -0.4 is 4.48 Å². The van der Waals surface area contributed by atoms with E-state index in [9.17, 15) is 0 Å². The van der Waals surface area contributed by atoms with Crippen LogP contribution in [0.3, 0.4) is 0 Å². The number of unbranched alkanes of at least 4 members (excludes halogenated alkanes) is 9. The minimum atomic E-state index is 1.26. The van der Waals surface area contributed by atoms with Crippen molar-refractivity contribution in [3.05, 3.63) is 30.3 Å². The quantitative estimate of drug-likeness (QED) is 0.297. The summed E-state index contributed by atoms with van der Waals surface area (Å²) in [5.74, 6) is 0. The summed E-state index contributed by atoms with van der Waals surface area (Å²) >= 11 is 0. The lowest BCUT2D eigenvalue weighted by molar-refractivity contribution is 0.322. The van der Waals surface area contributed by atoms with E-state index in [0.717, 1.165) is 0 Å². The lowest BCUT2D eigenvalue weighted by atomic mass is 10.1. The summed E-state index contributed by atoms with van der Waals surface area (Å²) in [5, 5.41) is 0. The Morgan fingerprint density at radius 1 is 0.696 bits per heavy atom. The zero-order valence-corrected chi connectivity index (χ0v) is 15.4. The van der Waals surface area contributed by atoms with Crippen LogP contribution in [0.5, 0.6) is 0 Å². The zero-order chi connectivity index (χ0) is 16.2. The van der Waals surface area contributed by atoms with Gasteiger partial charge in [-0.3, -0.25) is 4.48 Å². The predicted molar refractivity (Wildman–Crippen MR) is 104 cm³/mol. The van der Waals surface area contributed by atoms with Gasteiger partial charge in [0.05, 0.1) is 19.6 Å². The summed E-state index contributed by atoms with van der Waals surface area (Å²) in [5.41, 5.74) is 1.56. The molecule has 1 saturated heterocycles. The van der Waals surface area contributed by atoms with Crippen molar-refractivity contribution in [2.45, 2.75) is 84.0 Å². The van der Waals surface area contributed by atoms with Crippen LogP contribution in [0.1, 0.15) is 84.0 Å². The first-order valence-electron chi connectivity index (χ1n) is 10.3. The summed E-state index contributed by atoms with van der Waals surface area (Å²) in [7, 11) is 0. The fourth-order valence-electron chi connectivity index (χ4n) is 4.20. The molecule has 1 aromatic rings.